The predicted octanol–water partition coefficient (Wildman–Crippen LogP) is -0.334. The van der Waals surface area contributed by atoms with E-state index in [1.807, 2.05) is 0 Å². The van der Waals surface area contributed by atoms with E-state index in [-0.39, 0.29) is 12.4 Å². The normalized spacial score (nSPS) is 18.3. The van der Waals surface area contributed by atoms with Crippen molar-refractivity contribution in [3.63, 3.8) is 0 Å². The summed E-state index contributed by atoms with van der Waals surface area (Å²) in [5.74, 6) is -0.314. The molecule has 2 unspecified atom stereocenters. The van der Waals surface area contributed by atoms with Crippen LogP contribution in [0.4, 0.5) is 0 Å². The maximum Gasteiger partial charge on any atom is 0.471 e. The van der Waals surface area contributed by atoms with Crippen molar-refractivity contribution in [2.45, 2.75) is 13.0 Å². The molecule has 2 atom stereocenters. The molecule has 0 aliphatic heterocycles. The van der Waals surface area contributed by atoms with Crippen molar-refractivity contribution < 1.29 is 23.3 Å². The molecule has 0 spiro atoms. The molecule has 0 amide bonds. The average Bonchev–Trinajstić information content (AvgIpc) is 2.00. The van der Waals surface area contributed by atoms with Gasteiger partial charge in [0.15, 0.2) is 0 Å². The number of Topliss-reactive ketones (excluding diaryl/α,β-unsaturated/α-hetero) is 1. The zero-order valence-electron chi connectivity index (χ0n) is 6.89. The molecule has 3 N–H and O–H groups in total. The highest BCUT2D eigenvalue weighted by atomic mass is 31.2. The Morgan fingerprint density at radius 2 is 2.25 bits per heavy atom. The van der Waals surface area contributed by atoms with Gasteiger partial charge in [0.25, 0.3) is 0 Å². The van der Waals surface area contributed by atoms with Crippen LogP contribution < -0.4 is 5.73 Å². The summed E-state index contributed by atoms with van der Waals surface area (Å²) < 4.78 is 19.1. The molecule has 0 aliphatic rings. The number of hydrogen-bond acceptors (Lipinski definition) is 5. The lowest BCUT2D eigenvalue weighted by Gasteiger charge is -2.11. The average molecular weight is 197 g/mol. The number of hydrogen-bond donors (Lipinski definition) is 2. The zero-order chi connectivity index (χ0) is 9.78. The van der Waals surface area contributed by atoms with Crippen LogP contribution >= 0.6 is 7.82 Å². The topological polar surface area (TPSA) is 98.8 Å². The Balaban J connectivity index is 3.83. The summed E-state index contributed by atoms with van der Waals surface area (Å²) in [5, 5.41) is 0. The van der Waals surface area contributed by atoms with Gasteiger partial charge in [-0.05, 0) is 6.92 Å². The minimum absolute atomic E-state index is 0.314. The van der Waals surface area contributed by atoms with E-state index in [0.29, 0.717) is 0 Å². The van der Waals surface area contributed by atoms with Crippen LogP contribution in [0.5, 0.6) is 0 Å². The van der Waals surface area contributed by atoms with Gasteiger partial charge in [0.1, 0.15) is 5.78 Å². The van der Waals surface area contributed by atoms with Crippen molar-refractivity contribution in [3.8, 4) is 0 Å². The van der Waals surface area contributed by atoms with E-state index in [1.54, 1.807) is 0 Å². The molecular formula is C5H12NO5P. The van der Waals surface area contributed by atoms with E-state index >= 15 is 0 Å². The van der Waals surface area contributed by atoms with Gasteiger partial charge in [0, 0.05) is 7.11 Å². The summed E-state index contributed by atoms with van der Waals surface area (Å²) in [5.41, 5.74) is 5.22. The SMILES string of the molecule is COP(=O)(O)OCC(N)C(C)=O. The molecule has 0 heterocycles. The van der Waals surface area contributed by atoms with Crippen LogP contribution in [0.3, 0.4) is 0 Å². The lowest BCUT2D eigenvalue weighted by atomic mass is 10.2. The number of nitrogens with two attached hydrogens (primary N) is 1. The van der Waals surface area contributed by atoms with E-state index in [4.69, 9.17) is 10.6 Å². The Bertz CT molecular complexity index is 206. The highest BCUT2D eigenvalue weighted by Crippen LogP contribution is 2.41. The fraction of sp³-hybridized carbons (Fsp3) is 0.800. The summed E-state index contributed by atoms with van der Waals surface area (Å²) in [6.07, 6.45) is 0. The summed E-state index contributed by atoms with van der Waals surface area (Å²) in [7, 11) is -2.97. The molecule has 6 nitrogen and oxygen atoms in total. The summed E-state index contributed by atoms with van der Waals surface area (Å²) in [4.78, 5) is 19.2. The quantitative estimate of drug-likeness (QED) is 0.585. The number of carbonyl (C=O) groups is 1. The van der Waals surface area contributed by atoms with Crippen molar-refractivity contribution in [3.05, 3.63) is 0 Å². The van der Waals surface area contributed by atoms with Gasteiger partial charge in [-0.1, -0.05) is 0 Å². The van der Waals surface area contributed by atoms with Gasteiger partial charge in [-0.15, -0.1) is 0 Å². The fourth-order valence-corrected chi connectivity index (χ4v) is 0.799. The second-order valence-corrected chi connectivity index (χ2v) is 3.72. The highest BCUT2D eigenvalue weighted by molar-refractivity contribution is 7.47. The number of carbonyl (C=O) groups excluding carboxylic acids is 1. The molecule has 0 saturated heterocycles. The minimum Gasteiger partial charge on any atom is -0.320 e. The largest absolute Gasteiger partial charge is 0.471 e. The Morgan fingerprint density at radius 1 is 1.75 bits per heavy atom. The van der Waals surface area contributed by atoms with Crippen LogP contribution in [0.1, 0.15) is 6.92 Å². The van der Waals surface area contributed by atoms with Crippen molar-refractivity contribution in [1.82, 2.24) is 0 Å². The van der Waals surface area contributed by atoms with Gasteiger partial charge in [-0.25, -0.2) is 4.57 Å². The number of ketones is 1. The third kappa shape index (κ3) is 4.58. The van der Waals surface area contributed by atoms with Gasteiger partial charge < -0.3 is 10.6 Å². The molecule has 72 valence electrons. The second kappa shape index (κ2) is 4.69. The summed E-state index contributed by atoms with van der Waals surface area (Å²) >= 11 is 0. The molecule has 0 aromatic heterocycles. The second-order valence-electron chi connectivity index (χ2n) is 2.16. The zero-order valence-corrected chi connectivity index (χ0v) is 7.78. The first-order valence-electron chi connectivity index (χ1n) is 3.18. The lowest BCUT2D eigenvalue weighted by molar-refractivity contribution is -0.118. The van der Waals surface area contributed by atoms with Crippen molar-refractivity contribution in [2.75, 3.05) is 13.7 Å². The van der Waals surface area contributed by atoms with Gasteiger partial charge in [0.05, 0.1) is 12.6 Å². The lowest BCUT2D eigenvalue weighted by Crippen LogP contribution is -2.32. The number of rotatable bonds is 5. The Kier molecular flexibility index (Phi) is 4.59. The van der Waals surface area contributed by atoms with Crippen molar-refractivity contribution >= 4 is 13.6 Å². The molecule has 7 heteroatoms. The van der Waals surface area contributed by atoms with Crippen LogP contribution in [0.2, 0.25) is 0 Å². The standard InChI is InChI=1S/C5H12NO5P/c1-4(7)5(6)3-11-12(8,9)10-2/h5H,3,6H2,1-2H3,(H,8,9). The molecule has 0 aromatic carbocycles. The van der Waals surface area contributed by atoms with E-state index in [2.05, 4.69) is 9.05 Å². The number of phosphoric acid groups is 1. The van der Waals surface area contributed by atoms with E-state index < -0.39 is 13.9 Å². The summed E-state index contributed by atoms with van der Waals surface area (Å²) in [6.45, 7) is 0.945. The fourth-order valence-electron chi connectivity index (χ4n) is 0.345. The van der Waals surface area contributed by atoms with Crippen LogP contribution in [0.15, 0.2) is 0 Å². The molecular weight excluding hydrogens is 185 g/mol. The number of phosphoric ester groups is 1. The first-order valence-corrected chi connectivity index (χ1v) is 4.67. The van der Waals surface area contributed by atoms with Gasteiger partial charge in [0.2, 0.25) is 0 Å². The summed E-state index contributed by atoms with van der Waals surface area (Å²) in [6, 6.07) is -0.888. The van der Waals surface area contributed by atoms with Gasteiger partial charge in [-0.3, -0.25) is 13.8 Å². The molecule has 0 saturated carbocycles. The molecule has 0 bridgehead atoms. The van der Waals surface area contributed by atoms with Crippen LogP contribution in [0.25, 0.3) is 0 Å². The van der Waals surface area contributed by atoms with Crippen LogP contribution in [-0.2, 0) is 18.4 Å². The Labute approximate surface area is 70.3 Å². The molecule has 0 aliphatic carbocycles. The minimum atomic E-state index is -4.00. The first kappa shape index (κ1) is 11.7. The Hall–Kier alpha value is -0.260. The van der Waals surface area contributed by atoms with Crippen molar-refractivity contribution in [1.29, 1.82) is 0 Å². The van der Waals surface area contributed by atoms with Crippen molar-refractivity contribution in [2.24, 2.45) is 5.73 Å². The maximum atomic E-state index is 10.7. The highest BCUT2D eigenvalue weighted by Gasteiger charge is 2.21. The molecule has 0 rings (SSSR count). The van der Waals surface area contributed by atoms with E-state index in [9.17, 15) is 9.36 Å². The van der Waals surface area contributed by atoms with E-state index in [1.165, 1.54) is 6.92 Å². The molecule has 0 fully saturated rings. The molecule has 0 aromatic rings. The van der Waals surface area contributed by atoms with Gasteiger partial charge in [-0.2, -0.15) is 0 Å². The smallest absolute Gasteiger partial charge is 0.320 e. The predicted molar refractivity (Wildman–Crippen MR) is 41.4 cm³/mol. The third-order valence-electron chi connectivity index (χ3n) is 1.17. The molecule has 12 heavy (non-hydrogen) atoms. The third-order valence-corrected chi connectivity index (χ3v) is 2.11. The van der Waals surface area contributed by atoms with Gasteiger partial charge >= 0.3 is 7.82 Å². The van der Waals surface area contributed by atoms with Crippen LogP contribution in [0, 0.1) is 0 Å². The first-order chi connectivity index (χ1) is 5.39. The monoisotopic (exact) mass is 197 g/mol. The Morgan fingerprint density at radius 3 is 2.58 bits per heavy atom. The maximum absolute atomic E-state index is 10.7. The molecule has 0 radical (unpaired) electrons. The van der Waals surface area contributed by atoms with Crippen LogP contribution in [-0.4, -0.2) is 30.4 Å². The van der Waals surface area contributed by atoms with E-state index in [0.717, 1.165) is 7.11 Å².